The minimum atomic E-state index is -4.96. The molecule has 1 aliphatic rings. The Morgan fingerprint density at radius 2 is 1.88 bits per heavy atom. The Kier molecular flexibility index (Phi) is 6.38. The molecule has 1 atom stereocenters. The van der Waals surface area contributed by atoms with E-state index in [-0.39, 0.29) is 34.6 Å². The van der Waals surface area contributed by atoms with Crippen LogP contribution in [0.25, 0.3) is 11.0 Å². The first kappa shape index (κ1) is 23.2. The molecule has 1 fully saturated rings. The largest absolute Gasteiger partial charge is 0.507 e. The predicted molar refractivity (Wildman–Crippen MR) is 118 cm³/mol. The summed E-state index contributed by atoms with van der Waals surface area (Å²) in [6, 6.07) is 9.34. The zero-order valence-corrected chi connectivity index (χ0v) is 18.6. The van der Waals surface area contributed by atoms with Crippen molar-refractivity contribution in [3.8, 4) is 17.2 Å². The van der Waals surface area contributed by atoms with Gasteiger partial charge in [-0.15, -0.1) is 0 Å². The topological polar surface area (TPSA) is 64.1 Å². The Balaban J connectivity index is 1.83. The number of phenolic OH excluding ortho intramolecular Hbond substituents is 1. The van der Waals surface area contributed by atoms with Crippen molar-refractivity contribution >= 4 is 11.0 Å². The summed E-state index contributed by atoms with van der Waals surface area (Å²) in [6.45, 7) is 2.01. The van der Waals surface area contributed by atoms with E-state index in [0.717, 1.165) is 36.1 Å². The number of aromatic hydroxyl groups is 1. The van der Waals surface area contributed by atoms with Crippen molar-refractivity contribution in [1.82, 2.24) is 0 Å². The van der Waals surface area contributed by atoms with Crippen LogP contribution >= 0.6 is 0 Å². The standard InChI is InChI=1S/C25H26F3NO4/c1-15-7-6-10-17(13-15)32-23-21(31)18-11-12-20(30)19(22(18)33-24(23)25(26,27)28)14-29(2)16-8-4-3-5-9-16/h6-7,10-13,16,30H,3-5,8-9,14H2,1-2H3/p+1. The summed E-state index contributed by atoms with van der Waals surface area (Å²) in [5, 5.41) is 10.4. The maximum Gasteiger partial charge on any atom is 0.453 e. The Hall–Kier alpha value is -3.00. The highest BCUT2D eigenvalue weighted by atomic mass is 19.4. The fourth-order valence-corrected chi connectivity index (χ4v) is 4.55. The number of benzene rings is 2. The van der Waals surface area contributed by atoms with Crippen LogP contribution in [0.5, 0.6) is 17.2 Å². The van der Waals surface area contributed by atoms with Gasteiger partial charge in [0.25, 0.3) is 5.76 Å². The van der Waals surface area contributed by atoms with Gasteiger partial charge in [0, 0.05) is 0 Å². The third-order valence-electron chi connectivity index (χ3n) is 6.32. The molecule has 0 saturated heterocycles. The summed E-state index contributed by atoms with van der Waals surface area (Å²) in [6.07, 6.45) is 0.467. The summed E-state index contributed by atoms with van der Waals surface area (Å²) in [5.74, 6) is -2.51. The minimum Gasteiger partial charge on any atom is -0.507 e. The van der Waals surface area contributed by atoms with Crippen LogP contribution in [-0.4, -0.2) is 18.2 Å². The SMILES string of the molecule is Cc1cccc(Oc2c(C(F)(F)F)oc3c(C[NH+](C)C4CCCCC4)c(O)ccc3c2=O)c1. The van der Waals surface area contributed by atoms with Crippen molar-refractivity contribution in [2.24, 2.45) is 0 Å². The number of quaternary nitrogens is 1. The van der Waals surface area contributed by atoms with Gasteiger partial charge < -0.3 is 19.2 Å². The first-order valence-electron chi connectivity index (χ1n) is 11.1. The van der Waals surface area contributed by atoms with E-state index in [1.165, 1.54) is 30.7 Å². The molecule has 1 aliphatic carbocycles. The Morgan fingerprint density at radius 1 is 1.15 bits per heavy atom. The van der Waals surface area contributed by atoms with Crippen LogP contribution in [0.4, 0.5) is 13.2 Å². The van der Waals surface area contributed by atoms with Crippen LogP contribution in [0.2, 0.25) is 0 Å². The van der Waals surface area contributed by atoms with Gasteiger partial charge in [-0.2, -0.15) is 13.2 Å². The molecule has 2 aromatic carbocycles. The zero-order valence-electron chi connectivity index (χ0n) is 18.6. The molecule has 0 amide bonds. The molecule has 4 rings (SSSR count). The van der Waals surface area contributed by atoms with Crippen LogP contribution in [0.15, 0.2) is 45.6 Å². The summed E-state index contributed by atoms with van der Waals surface area (Å²) in [4.78, 5) is 14.2. The minimum absolute atomic E-state index is 0.0603. The molecular weight excluding hydrogens is 435 g/mol. The highest BCUT2D eigenvalue weighted by Crippen LogP contribution is 2.39. The number of hydrogen-bond donors (Lipinski definition) is 2. The van der Waals surface area contributed by atoms with E-state index in [0.29, 0.717) is 6.04 Å². The molecular formula is C25H27F3NO4+. The van der Waals surface area contributed by atoms with Gasteiger partial charge in [-0.25, -0.2) is 0 Å². The average molecular weight is 462 g/mol. The molecule has 0 spiro atoms. The zero-order chi connectivity index (χ0) is 23.8. The van der Waals surface area contributed by atoms with E-state index in [1.54, 1.807) is 19.1 Å². The van der Waals surface area contributed by atoms with E-state index in [2.05, 4.69) is 0 Å². The van der Waals surface area contributed by atoms with Crippen LogP contribution in [-0.2, 0) is 12.7 Å². The molecule has 176 valence electrons. The number of rotatable bonds is 5. The van der Waals surface area contributed by atoms with Gasteiger partial charge in [-0.1, -0.05) is 18.6 Å². The van der Waals surface area contributed by atoms with Crippen molar-refractivity contribution in [2.75, 3.05) is 7.05 Å². The summed E-state index contributed by atoms with van der Waals surface area (Å²) in [5.41, 5.74) is -0.215. The fraction of sp³-hybridized carbons (Fsp3) is 0.400. The van der Waals surface area contributed by atoms with Gasteiger partial charge in [-0.3, -0.25) is 4.79 Å². The number of halogens is 3. The van der Waals surface area contributed by atoms with Gasteiger partial charge >= 0.3 is 6.18 Å². The smallest absolute Gasteiger partial charge is 0.453 e. The monoisotopic (exact) mass is 462 g/mol. The van der Waals surface area contributed by atoms with Crippen molar-refractivity contribution < 1.29 is 32.3 Å². The van der Waals surface area contributed by atoms with Crippen molar-refractivity contribution in [1.29, 1.82) is 0 Å². The number of alkyl halides is 3. The molecule has 8 heteroatoms. The number of aryl methyl sites for hydroxylation is 1. The maximum atomic E-state index is 13.9. The Labute approximate surface area is 189 Å². The van der Waals surface area contributed by atoms with Crippen LogP contribution in [0.1, 0.15) is 49.0 Å². The Bertz CT molecular complexity index is 1210. The normalized spacial score (nSPS) is 16.2. The molecule has 1 saturated carbocycles. The van der Waals surface area contributed by atoms with E-state index in [4.69, 9.17) is 9.15 Å². The number of hydrogen-bond acceptors (Lipinski definition) is 4. The second-order valence-electron chi connectivity index (χ2n) is 8.80. The highest BCUT2D eigenvalue weighted by molar-refractivity contribution is 5.83. The lowest BCUT2D eigenvalue weighted by molar-refractivity contribution is -0.921. The quantitative estimate of drug-likeness (QED) is 0.562. The van der Waals surface area contributed by atoms with Gasteiger partial charge in [0.05, 0.1) is 24.0 Å². The Morgan fingerprint density at radius 3 is 2.55 bits per heavy atom. The number of fused-ring (bicyclic) bond motifs is 1. The van der Waals surface area contributed by atoms with Gasteiger partial charge in [0.1, 0.15) is 18.0 Å². The van der Waals surface area contributed by atoms with Crippen LogP contribution in [0.3, 0.4) is 0 Å². The highest BCUT2D eigenvalue weighted by Gasteiger charge is 2.41. The maximum absolute atomic E-state index is 13.9. The average Bonchev–Trinajstić information content (AvgIpc) is 2.77. The van der Waals surface area contributed by atoms with Gasteiger partial charge in [-0.05, 0) is 62.4 Å². The second-order valence-corrected chi connectivity index (χ2v) is 8.80. The number of phenols is 1. The molecule has 1 aromatic heterocycles. The molecule has 3 aromatic rings. The summed E-state index contributed by atoms with van der Waals surface area (Å²) >= 11 is 0. The van der Waals surface area contributed by atoms with Crippen molar-refractivity contribution in [3.63, 3.8) is 0 Å². The molecule has 0 bridgehead atoms. The first-order valence-corrected chi connectivity index (χ1v) is 11.1. The summed E-state index contributed by atoms with van der Waals surface area (Å²) < 4.78 is 52.6. The molecule has 2 N–H and O–H groups in total. The fourth-order valence-electron chi connectivity index (χ4n) is 4.55. The van der Waals surface area contributed by atoms with E-state index < -0.39 is 23.1 Å². The molecule has 5 nitrogen and oxygen atoms in total. The molecule has 1 heterocycles. The third-order valence-corrected chi connectivity index (χ3v) is 6.32. The van der Waals surface area contributed by atoms with Crippen molar-refractivity contribution in [2.45, 2.75) is 57.8 Å². The lowest BCUT2D eigenvalue weighted by atomic mass is 9.94. The second kappa shape index (κ2) is 9.09. The van der Waals surface area contributed by atoms with Crippen LogP contribution in [0, 0.1) is 6.92 Å². The lowest BCUT2D eigenvalue weighted by Crippen LogP contribution is -3.11. The third kappa shape index (κ3) is 4.85. The van der Waals surface area contributed by atoms with E-state index >= 15 is 0 Å². The van der Waals surface area contributed by atoms with E-state index in [9.17, 15) is 23.1 Å². The lowest BCUT2D eigenvalue weighted by Gasteiger charge is -2.28. The summed E-state index contributed by atoms with van der Waals surface area (Å²) in [7, 11) is 1.95. The van der Waals surface area contributed by atoms with Crippen LogP contribution < -0.4 is 15.1 Å². The van der Waals surface area contributed by atoms with Gasteiger partial charge in [0.2, 0.25) is 11.2 Å². The first-order chi connectivity index (χ1) is 15.6. The molecule has 1 unspecified atom stereocenters. The molecule has 0 aliphatic heterocycles. The predicted octanol–water partition coefficient (Wildman–Crippen LogP) is 4.97. The number of ether oxygens (including phenoxy) is 1. The number of nitrogens with one attached hydrogen (secondary N) is 1. The van der Waals surface area contributed by atoms with Crippen molar-refractivity contribution in [3.05, 3.63) is 63.5 Å². The molecule has 0 radical (unpaired) electrons. The van der Waals surface area contributed by atoms with Gasteiger partial charge in [0.15, 0.2) is 5.58 Å². The van der Waals surface area contributed by atoms with E-state index in [1.807, 2.05) is 7.05 Å². The molecule has 33 heavy (non-hydrogen) atoms.